The van der Waals surface area contributed by atoms with Crippen LogP contribution in [0.15, 0.2) is 22.5 Å². The number of hydrogen-bond donors (Lipinski definition) is 1. The summed E-state index contributed by atoms with van der Waals surface area (Å²) in [7, 11) is 0. The monoisotopic (exact) mass is 389 g/mol. The number of nitrogens with zero attached hydrogens (tertiary/aromatic N) is 4. The van der Waals surface area contributed by atoms with Crippen molar-refractivity contribution in [2.24, 2.45) is 0 Å². The fourth-order valence-electron chi connectivity index (χ4n) is 2.62. The molecule has 0 unspecified atom stereocenters. The smallest absolute Gasteiger partial charge is 0.275 e. The van der Waals surface area contributed by atoms with Crippen LogP contribution in [0, 0.1) is 6.92 Å². The number of carbonyl (C=O) groups is 1. The van der Waals surface area contributed by atoms with Gasteiger partial charge in [-0.25, -0.2) is 9.97 Å². The van der Waals surface area contributed by atoms with Gasteiger partial charge < -0.3 is 0 Å². The molecule has 6 nitrogen and oxygen atoms in total. The molecule has 0 spiro atoms. The van der Waals surface area contributed by atoms with Crippen LogP contribution in [0.2, 0.25) is 0 Å². The Kier molecular flexibility index (Phi) is 4.22. The number of carbonyl (C=O) groups excluding carboxylic acids is 1. The van der Waals surface area contributed by atoms with Crippen molar-refractivity contribution in [2.75, 3.05) is 11.6 Å². The summed E-state index contributed by atoms with van der Waals surface area (Å²) in [5, 5.41) is 7.82. The average Bonchev–Trinajstić information content (AvgIpc) is 3.28. The molecule has 0 saturated carbocycles. The molecular weight excluding hydrogens is 374 g/mol. The van der Waals surface area contributed by atoms with E-state index in [2.05, 4.69) is 20.4 Å². The summed E-state index contributed by atoms with van der Waals surface area (Å²) in [6, 6.07) is 5.72. The Morgan fingerprint density at radius 3 is 2.68 bits per heavy atom. The van der Waals surface area contributed by atoms with E-state index in [0.29, 0.717) is 17.4 Å². The fraction of sp³-hybridized carbons (Fsp3) is 0.250. The maximum Gasteiger partial charge on any atom is 0.275 e. The van der Waals surface area contributed by atoms with Gasteiger partial charge in [-0.05, 0) is 38.3 Å². The number of rotatable bonds is 4. The molecule has 0 aliphatic carbocycles. The van der Waals surface area contributed by atoms with Crippen molar-refractivity contribution >= 4 is 65.9 Å². The molecule has 4 rings (SSSR count). The lowest BCUT2D eigenvalue weighted by Crippen LogP contribution is -2.17. The van der Waals surface area contributed by atoms with Gasteiger partial charge in [-0.15, -0.1) is 11.3 Å². The molecule has 9 heteroatoms. The first-order valence-electron chi connectivity index (χ1n) is 7.69. The maximum absolute atomic E-state index is 12.6. The maximum atomic E-state index is 12.6. The summed E-state index contributed by atoms with van der Waals surface area (Å²) in [6.45, 7) is 4.49. The first-order chi connectivity index (χ1) is 12.1. The van der Waals surface area contributed by atoms with Crippen molar-refractivity contribution in [3.8, 4) is 0 Å². The summed E-state index contributed by atoms with van der Waals surface area (Å²) in [5.41, 5.74) is 3.23. The third-order valence-electron chi connectivity index (χ3n) is 3.72. The lowest BCUT2D eigenvalue weighted by atomic mass is 10.3. The van der Waals surface area contributed by atoms with E-state index in [-0.39, 0.29) is 5.91 Å². The second-order valence-electron chi connectivity index (χ2n) is 5.41. The lowest BCUT2D eigenvalue weighted by Gasteiger charge is -2.03. The van der Waals surface area contributed by atoms with Crippen LogP contribution in [-0.4, -0.2) is 31.9 Å². The molecule has 4 aromatic rings. The summed E-state index contributed by atoms with van der Waals surface area (Å²) >= 11 is 4.78. The Hall–Kier alpha value is -1.97. The van der Waals surface area contributed by atoms with Gasteiger partial charge in [0.25, 0.3) is 5.91 Å². The fourth-order valence-corrected chi connectivity index (χ4v) is 5.28. The van der Waals surface area contributed by atoms with Crippen molar-refractivity contribution in [3.63, 3.8) is 0 Å². The van der Waals surface area contributed by atoms with Crippen LogP contribution in [0.4, 0.5) is 5.13 Å². The number of aromatic nitrogens is 4. The molecule has 1 amide bonds. The van der Waals surface area contributed by atoms with Gasteiger partial charge in [-0.3, -0.25) is 14.8 Å². The van der Waals surface area contributed by atoms with E-state index in [0.717, 1.165) is 30.5 Å². The third kappa shape index (κ3) is 2.92. The number of anilines is 1. The van der Waals surface area contributed by atoms with E-state index < -0.39 is 0 Å². The molecule has 3 heterocycles. The van der Waals surface area contributed by atoms with Crippen LogP contribution >= 0.6 is 34.4 Å². The van der Waals surface area contributed by atoms with Crippen molar-refractivity contribution in [2.45, 2.75) is 24.7 Å². The van der Waals surface area contributed by atoms with Crippen molar-refractivity contribution in [3.05, 3.63) is 29.6 Å². The molecule has 0 aliphatic heterocycles. The molecular formula is C16H15N5OS3. The molecule has 0 radical (unpaired) electrons. The Balaban J connectivity index is 1.70. The highest BCUT2D eigenvalue weighted by Crippen LogP contribution is 2.38. The molecule has 3 aromatic heterocycles. The summed E-state index contributed by atoms with van der Waals surface area (Å²) < 4.78 is 4.91. The molecule has 0 atom stereocenters. The molecule has 0 bridgehead atoms. The first kappa shape index (κ1) is 16.5. The van der Waals surface area contributed by atoms with Crippen LogP contribution < -0.4 is 5.32 Å². The highest BCUT2D eigenvalue weighted by molar-refractivity contribution is 8.00. The zero-order valence-electron chi connectivity index (χ0n) is 13.9. The number of aryl methyl sites for hydroxylation is 2. The zero-order chi connectivity index (χ0) is 17.6. The highest BCUT2D eigenvalue weighted by atomic mass is 32.2. The zero-order valence-corrected chi connectivity index (χ0v) is 16.3. The van der Waals surface area contributed by atoms with E-state index >= 15 is 0 Å². The van der Waals surface area contributed by atoms with Crippen LogP contribution in [0.1, 0.15) is 23.1 Å². The van der Waals surface area contributed by atoms with Gasteiger partial charge in [0.1, 0.15) is 5.69 Å². The Bertz CT molecular complexity index is 1090. The molecule has 1 aromatic carbocycles. The standard InChI is InChI=1S/C16H15N5OS3/c1-4-21-11(7-8(2)20-21)14(22)19-15-17-9-5-6-10-13(12(9)24-15)25-16(18-10)23-3/h5-7H,4H2,1-3H3,(H,17,19,22). The molecule has 0 aliphatic rings. The number of thioether (sulfide) groups is 1. The van der Waals surface area contributed by atoms with Gasteiger partial charge in [0, 0.05) is 6.54 Å². The van der Waals surface area contributed by atoms with Crippen LogP contribution in [0.3, 0.4) is 0 Å². The number of benzene rings is 1. The molecule has 128 valence electrons. The number of hydrogen-bond acceptors (Lipinski definition) is 7. The van der Waals surface area contributed by atoms with Crippen LogP contribution in [0.25, 0.3) is 20.4 Å². The Labute approximate surface area is 156 Å². The van der Waals surface area contributed by atoms with Gasteiger partial charge in [0.05, 0.1) is 26.1 Å². The molecule has 0 saturated heterocycles. The second kappa shape index (κ2) is 6.40. The number of fused-ring (bicyclic) bond motifs is 3. The minimum Gasteiger partial charge on any atom is -0.296 e. The van der Waals surface area contributed by atoms with Gasteiger partial charge in [0.15, 0.2) is 9.47 Å². The van der Waals surface area contributed by atoms with Crippen molar-refractivity contribution in [1.82, 2.24) is 19.7 Å². The minimum absolute atomic E-state index is 0.188. The number of amides is 1. The van der Waals surface area contributed by atoms with E-state index in [1.807, 2.05) is 32.2 Å². The Morgan fingerprint density at radius 1 is 1.24 bits per heavy atom. The summed E-state index contributed by atoms with van der Waals surface area (Å²) in [6.07, 6.45) is 2.02. The highest BCUT2D eigenvalue weighted by Gasteiger charge is 2.17. The summed E-state index contributed by atoms with van der Waals surface area (Å²) in [5.74, 6) is -0.188. The SMILES string of the molecule is CCn1nc(C)cc1C(=O)Nc1nc2ccc3nc(SC)sc3c2s1. The largest absolute Gasteiger partial charge is 0.296 e. The van der Waals surface area contributed by atoms with E-state index in [1.54, 1.807) is 33.8 Å². The normalized spacial score (nSPS) is 11.5. The topological polar surface area (TPSA) is 72.7 Å². The molecule has 1 N–H and O–H groups in total. The summed E-state index contributed by atoms with van der Waals surface area (Å²) in [4.78, 5) is 21.7. The van der Waals surface area contributed by atoms with E-state index in [9.17, 15) is 4.79 Å². The number of thiazole rings is 2. The van der Waals surface area contributed by atoms with E-state index in [1.165, 1.54) is 11.3 Å². The van der Waals surface area contributed by atoms with E-state index in [4.69, 9.17) is 0 Å². The molecule has 0 fully saturated rings. The van der Waals surface area contributed by atoms with Crippen LogP contribution in [-0.2, 0) is 6.54 Å². The first-order valence-corrected chi connectivity index (χ1v) is 10.5. The second-order valence-corrected chi connectivity index (χ2v) is 8.46. The lowest BCUT2D eigenvalue weighted by molar-refractivity contribution is 0.101. The quantitative estimate of drug-likeness (QED) is 0.524. The predicted molar refractivity (Wildman–Crippen MR) is 105 cm³/mol. The molecule has 25 heavy (non-hydrogen) atoms. The van der Waals surface area contributed by atoms with Gasteiger partial charge in [-0.2, -0.15) is 5.10 Å². The van der Waals surface area contributed by atoms with Crippen LogP contribution in [0.5, 0.6) is 0 Å². The Morgan fingerprint density at radius 2 is 1.96 bits per heavy atom. The van der Waals surface area contributed by atoms with Crippen molar-refractivity contribution < 1.29 is 4.79 Å². The van der Waals surface area contributed by atoms with Gasteiger partial charge >= 0.3 is 0 Å². The van der Waals surface area contributed by atoms with Gasteiger partial charge in [0.2, 0.25) is 0 Å². The van der Waals surface area contributed by atoms with Gasteiger partial charge in [-0.1, -0.05) is 23.1 Å². The number of nitrogens with one attached hydrogen (secondary N) is 1. The average molecular weight is 390 g/mol. The predicted octanol–water partition coefficient (Wildman–Crippen LogP) is 4.41. The minimum atomic E-state index is -0.188. The van der Waals surface area contributed by atoms with Crippen molar-refractivity contribution in [1.29, 1.82) is 0 Å². The third-order valence-corrected chi connectivity index (χ3v) is 6.93.